The van der Waals surface area contributed by atoms with E-state index in [4.69, 9.17) is 32.7 Å². The SMILES string of the molecule is COc1c(Cl)cc(Cl)cc1C(=O)Nc1ccccc1C(=O)NCC1CCCO1. The highest BCUT2D eigenvalue weighted by atomic mass is 35.5. The Kier molecular flexibility index (Phi) is 6.78. The van der Waals surface area contributed by atoms with Gasteiger partial charge in [-0.15, -0.1) is 0 Å². The van der Waals surface area contributed by atoms with Gasteiger partial charge in [0.25, 0.3) is 11.8 Å². The van der Waals surface area contributed by atoms with Crippen molar-refractivity contribution < 1.29 is 19.1 Å². The highest BCUT2D eigenvalue weighted by Gasteiger charge is 2.21. The van der Waals surface area contributed by atoms with Crippen molar-refractivity contribution in [1.29, 1.82) is 0 Å². The normalized spacial score (nSPS) is 15.9. The van der Waals surface area contributed by atoms with E-state index >= 15 is 0 Å². The van der Waals surface area contributed by atoms with Crippen LogP contribution < -0.4 is 15.4 Å². The minimum Gasteiger partial charge on any atom is -0.494 e. The van der Waals surface area contributed by atoms with Crippen LogP contribution in [-0.4, -0.2) is 38.2 Å². The van der Waals surface area contributed by atoms with Gasteiger partial charge in [0, 0.05) is 18.2 Å². The zero-order valence-corrected chi connectivity index (χ0v) is 16.8. The van der Waals surface area contributed by atoms with Crippen LogP contribution in [0.4, 0.5) is 5.69 Å². The molecule has 0 saturated carbocycles. The van der Waals surface area contributed by atoms with Crippen molar-refractivity contribution in [2.45, 2.75) is 18.9 Å². The van der Waals surface area contributed by atoms with Crippen LogP contribution in [0.1, 0.15) is 33.6 Å². The van der Waals surface area contributed by atoms with E-state index in [0.717, 1.165) is 19.4 Å². The van der Waals surface area contributed by atoms with Crippen LogP contribution in [0, 0.1) is 0 Å². The molecule has 28 heavy (non-hydrogen) atoms. The standard InChI is InChI=1S/C20H20Cl2N2O4/c1-27-18-15(9-12(21)10-16(18)22)20(26)24-17-7-3-2-6-14(17)19(25)23-11-13-5-4-8-28-13/h2-3,6-7,9-10,13H,4-5,8,11H2,1H3,(H,23,25)(H,24,26). The molecule has 3 rings (SSSR count). The van der Waals surface area contributed by atoms with Gasteiger partial charge >= 0.3 is 0 Å². The Morgan fingerprint density at radius 1 is 1.18 bits per heavy atom. The molecule has 0 bridgehead atoms. The number of nitrogens with one attached hydrogen (secondary N) is 2. The van der Waals surface area contributed by atoms with Crippen LogP contribution in [0.15, 0.2) is 36.4 Å². The number of halogens is 2. The minimum atomic E-state index is -0.486. The number of rotatable bonds is 6. The lowest BCUT2D eigenvalue weighted by atomic mass is 10.1. The van der Waals surface area contributed by atoms with E-state index in [1.807, 2.05) is 0 Å². The highest BCUT2D eigenvalue weighted by molar-refractivity contribution is 6.36. The van der Waals surface area contributed by atoms with Crippen molar-refractivity contribution in [3.05, 3.63) is 57.6 Å². The summed E-state index contributed by atoms with van der Waals surface area (Å²) in [6.07, 6.45) is 1.95. The van der Waals surface area contributed by atoms with Crippen molar-refractivity contribution in [2.24, 2.45) is 0 Å². The maximum atomic E-state index is 12.8. The summed E-state index contributed by atoms with van der Waals surface area (Å²) >= 11 is 12.1. The summed E-state index contributed by atoms with van der Waals surface area (Å²) in [5, 5.41) is 6.12. The average molecular weight is 423 g/mol. The van der Waals surface area contributed by atoms with Crippen molar-refractivity contribution in [1.82, 2.24) is 5.32 Å². The summed E-state index contributed by atoms with van der Waals surface area (Å²) in [6, 6.07) is 9.70. The van der Waals surface area contributed by atoms with E-state index in [1.165, 1.54) is 19.2 Å². The largest absolute Gasteiger partial charge is 0.494 e. The third-order valence-corrected chi connectivity index (χ3v) is 4.89. The molecule has 1 aliphatic rings. The molecule has 8 heteroatoms. The predicted octanol–water partition coefficient (Wildman–Crippen LogP) is 4.16. The fourth-order valence-electron chi connectivity index (χ4n) is 3.02. The quantitative estimate of drug-likeness (QED) is 0.732. The van der Waals surface area contributed by atoms with E-state index in [0.29, 0.717) is 22.8 Å². The summed E-state index contributed by atoms with van der Waals surface area (Å²) in [4.78, 5) is 25.4. The number of carbonyl (C=O) groups excluding carboxylic acids is 2. The molecule has 1 heterocycles. The molecule has 1 atom stereocenters. The molecule has 0 radical (unpaired) electrons. The van der Waals surface area contributed by atoms with E-state index < -0.39 is 5.91 Å². The zero-order valence-electron chi connectivity index (χ0n) is 15.3. The van der Waals surface area contributed by atoms with Gasteiger partial charge in [0.2, 0.25) is 0 Å². The maximum Gasteiger partial charge on any atom is 0.259 e. The van der Waals surface area contributed by atoms with Crippen LogP contribution in [0.25, 0.3) is 0 Å². The number of hydrogen-bond donors (Lipinski definition) is 2. The van der Waals surface area contributed by atoms with Gasteiger partial charge in [0.05, 0.1) is 35.1 Å². The Morgan fingerprint density at radius 3 is 2.68 bits per heavy atom. The van der Waals surface area contributed by atoms with E-state index in [2.05, 4.69) is 10.6 Å². The lowest BCUT2D eigenvalue weighted by Gasteiger charge is -2.15. The average Bonchev–Trinajstić information content (AvgIpc) is 3.19. The summed E-state index contributed by atoms with van der Waals surface area (Å²) in [5.74, 6) is -0.563. The summed E-state index contributed by atoms with van der Waals surface area (Å²) in [7, 11) is 1.42. The molecule has 1 fully saturated rings. The second kappa shape index (κ2) is 9.28. The minimum absolute atomic E-state index is 0.0311. The maximum absolute atomic E-state index is 12.8. The van der Waals surface area contributed by atoms with Gasteiger partial charge in [0.15, 0.2) is 0 Å². The molecular formula is C20H20Cl2N2O4. The zero-order chi connectivity index (χ0) is 20.1. The molecule has 2 aromatic carbocycles. The number of benzene rings is 2. The Bertz CT molecular complexity index is 883. The Balaban J connectivity index is 1.78. The number of para-hydroxylation sites is 1. The molecule has 0 spiro atoms. The molecule has 1 unspecified atom stereocenters. The first-order valence-corrected chi connectivity index (χ1v) is 9.58. The molecule has 1 aliphatic heterocycles. The van der Waals surface area contributed by atoms with Crippen LogP contribution in [0.5, 0.6) is 5.75 Å². The van der Waals surface area contributed by atoms with Crippen molar-refractivity contribution in [3.8, 4) is 5.75 Å². The Hall–Kier alpha value is -2.28. The monoisotopic (exact) mass is 422 g/mol. The predicted molar refractivity (Wildman–Crippen MR) is 109 cm³/mol. The van der Waals surface area contributed by atoms with Crippen molar-refractivity contribution in [2.75, 3.05) is 25.6 Å². The lowest BCUT2D eigenvalue weighted by molar-refractivity contribution is 0.0858. The third kappa shape index (κ3) is 4.76. The van der Waals surface area contributed by atoms with Crippen molar-refractivity contribution in [3.63, 3.8) is 0 Å². The third-order valence-electron chi connectivity index (χ3n) is 4.39. The van der Waals surface area contributed by atoms with Crippen LogP contribution in [0.2, 0.25) is 10.0 Å². The first-order chi connectivity index (χ1) is 13.5. The number of hydrogen-bond acceptors (Lipinski definition) is 4. The smallest absolute Gasteiger partial charge is 0.259 e. The van der Waals surface area contributed by atoms with Gasteiger partial charge in [-0.1, -0.05) is 35.3 Å². The Morgan fingerprint density at radius 2 is 1.96 bits per heavy atom. The van der Waals surface area contributed by atoms with Crippen LogP contribution in [0.3, 0.4) is 0 Å². The van der Waals surface area contributed by atoms with Crippen LogP contribution in [-0.2, 0) is 4.74 Å². The van der Waals surface area contributed by atoms with Gasteiger partial charge in [0.1, 0.15) is 5.75 Å². The fraction of sp³-hybridized carbons (Fsp3) is 0.300. The Labute approximate surface area is 173 Å². The second-order valence-corrected chi connectivity index (χ2v) is 7.16. The molecule has 2 N–H and O–H groups in total. The number of carbonyl (C=O) groups is 2. The first kappa shape index (κ1) is 20.5. The molecule has 0 aromatic heterocycles. The second-order valence-electron chi connectivity index (χ2n) is 6.31. The first-order valence-electron chi connectivity index (χ1n) is 8.83. The molecular weight excluding hydrogens is 403 g/mol. The number of ether oxygens (including phenoxy) is 2. The van der Waals surface area contributed by atoms with Crippen LogP contribution >= 0.6 is 23.2 Å². The summed E-state index contributed by atoms with van der Waals surface area (Å²) in [5.41, 5.74) is 0.894. The van der Waals surface area contributed by atoms with Gasteiger partial charge in [-0.05, 0) is 37.1 Å². The van der Waals surface area contributed by atoms with Gasteiger partial charge in [-0.25, -0.2) is 0 Å². The molecule has 148 valence electrons. The lowest BCUT2D eigenvalue weighted by Crippen LogP contribution is -2.32. The molecule has 0 aliphatic carbocycles. The molecule has 6 nitrogen and oxygen atoms in total. The van der Waals surface area contributed by atoms with Crippen molar-refractivity contribution >= 4 is 40.7 Å². The van der Waals surface area contributed by atoms with Gasteiger partial charge < -0.3 is 20.1 Å². The topological polar surface area (TPSA) is 76.7 Å². The fourth-order valence-corrected chi connectivity index (χ4v) is 3.59. The summed E-state index contributed by atoms with van der Waals surface area (Å²) in [6.45, 7) is 1.15. The number of anilines is 1. The van der Waals surface area contributed by atoms with E-state index in [9.17, 15) is 9.59 Å². The van der Waals surface area contributed by atoms with Gasteiger partial charge in [-0.3, -0.25) is 9.59 Å². The molecule has 2 amide bonds. The number of methoxy groups -OCH3 is 1. The van der Waals surface area contributed by atoms with Gasteiger partial charge in [-0.2, -0.15) is 0 Å². The number of amides is 2. The van der Waals surface area contributed by atoms with E-state index in [-0.39, 0.29) is 28.3 Å². The summed E-state index contributed by atoms with van der Waals surface area (Å²) < 4.78 is 10.7. The van der Waals surface area contributed by atoms with E-state index in [1.54, 1.807) is 24.3 Å². The molecule has 1 saturated heterocycles. The molecule has 2 aromatic rings. The highest BCUT2D eigenvalue weighted by Crippen LogP contribution is 2.33.